The molecule has 0 aliphatic carbocycles. The van der Waals surface area contributed by atoms with Gasteiger partial charge in [-0.2, -0.15) is 0 Å². The number of hydrogen-bond donors (Lipinski definition) is 3. The summed E-state index contributed by atoms with van der Waals surface area (Å²) < 4.78 is 12.5. The third kappa shape index (κ3) is 26.1. The second-order valence-electron chi connectivity index (χ2n) is 11.5. The quantitative estimate of drug-likeness (QED) is 0.0535. The van der Waals surface area contributed by atoms with Crippen molar-refractivity contribution in [3.8, 4) is 0 Å². The first kappa shape index (κ1) is 42.6. The van der Waals surface area contributed by atoms with Gasteiger partial charge < -0.3 is 25.4 Å². The Labute approximate surface area is 262 Å². The summed E-state index contributed by atoms with van der Waals surface area (Å²) in [5, 5.41) is 9.01. The van der Waals surface area contributed by atoms with Crippen molar-refractivity contribution in [3.63, 3.8) is 0 Å². The molecule has 3 N–H and O–H groups in total. The molecular formula is C36H73N3O3. The number of methoxy groups -OCH3 is 1. The topological polar surface area (TPSA) is 71.6 Å². The molecule has 0 bridgehead atoms. The van der Waals surface area contributed by atoms with Gasteiger partial charge in [0.05, 0.1) is 12.2 Å². The second-order valence-corrected chi connectivity index (χ2v) is 11.5. The third-order valence-electron chi connectivity index (χ3n) is 8.33. The van der Waals surface area contributed by atoms with Gasteiger partial charge in [-0.3, -0.25) is 4.79 Å². The van der Waals surface area contributed by atoms with Crippen LogP contribution in [0.4, 0.5) is 0 Å². The van der Waals surface area contributed by atoms with Crippen molar-refractivity contribution in [2.24, 2.45) is 11.8 Å². The lowest BCUT2D eigenvalue weighted by atomic mass is 9.78. The largest absolute Gasteiger partial charge is 0.391 e. The highest BCUT2D eigenvalue weighted by Crippen LogP contribution is 2.33. The van der Waals surface area contributed by atoms with E-state index >= 15 is 0 Å². The van der Waals surface area contributed by atoms with E-state index in [9.17, 15) is 4.79 Å². The molecule has 42 heavy (non-hydrogen) atoms. The van der Waals surface area contributed by atoms with Crippen molar-refractivity contribution >= 4 is 6.41 Å². The molecule has 0 aromatic heterocycles. The van der Waals surface area contributed by atoms with Gasteiger partial charge in [-0.1, -0.05) is 118 Å². The predicted molar refractivity (Wildman–Crippen MR) is 184 cm³/mol. The molecule has 0 aromatic rings. The minimum Gasteiger partial charge on any atom is -0.391 e. The smallest absolute Gasteiger partial charge is 0.207 e. The molecule has 6 nitrogen and oxygen atoms in total. The molecule has 0 rings (SSSR count). The zero-order valence-corrected chi connectivity index (χ0v) is 28.7. The van der Waals surface area contributed by atoms with Gasteiger partial charge in [-0.15, -0.1) is 0 Å². The zero-order chi connectivity index (χ0) is 31.5. The molecule has 0 heterocycles. The van der Waals surface area contributed by atoms with Gasteiger partial charge in [0.15, 0.2) is 0 Å². The van der Waals surface area contributed by atoms with Gasteiger partial charge >= 0.3 is 0 Å². The van der Waals surface area contributed by atoms with Gasteiger partial charge in [-0.25, -0.2) is 0 Å². The number of hydrogen-bond acceptors (Lipinski definition) is 5. The lowest BCUT2D eigenvalue weighted by Crippen LogP contribution is -2.40. The summed E-state index contributed by atoms with van der Waals surface area (Å²) in [6.07, 6.45) is 26.8. The average molecular weight is 596 g/mol. The molecule has 3 unspecified atom stereocenters. The van der Waals surface area contributed by atoms with Crippen LogP contribution in [0.15, 0.2) is 25.6 Å². The summed E-state index contributed by atoms with van der Waals surface area (Å²) in [5.41, 5.74) is 0. The number of rotatable bonds is 32. The fourth-order valence-electron chi connectivity index (χ4n) is 5.74. The van der Waals surface area contributed by atoms with Gasteiger partial charge in [0.2, 0.25) is 6.41 Å². The van der Waals surface area contributed by atoms with Gasteiger partial charge in [0.25, 0.3) is 0 Å². The SMILES string of the molecule is C=CNCCCCCCC.C=CNCCCCCCCC(C(CC)CC)C(OCCCCCCNC=O)C(CC)OC. The standard InChI is InChI=1S/C27H54N2O3.C9H19N/c1-6-24(7-2)25(19-15-11-10-12-16-20-28-9-4)27(26(8-3)31-5)32-22-18-14-13-17-21-29-23-30;1-3-5-6-7-8-9-10-4-2/h9,23-28H,4,6-8,10-22H2,1-3,5H3,(H,29,30);4,10H,2-3,5-9H2,1H3. The van der Waals surface area contributed by atoms with Crippen molar-refractivity contribution in [1.29, 1.82) is 0 Å². The summed E-state index contributed by atoms with van der Waals surface area (Å²) in [4.78, 5) is 10.3. The van der Waals surface area contributed by atoms with Gasteiger partial charge in [-0.05, 0) is 62.8 Å². The van der Waals surface area contributed by atoms with E-state index in [1.54, 1.807) is 12.4 Å². The first-order valence-electron chi connectivity index (χ1n) is 17.6. The predicted octanol–water partition coefficient (Wildman–Crippen LogP) is 8.92. The van der Waals surface area contributed by atoms with Crippen LogP contribution < -0.4 is 16.0 Å². The third-order valence-corrected chi connectivity index (χ3v) is 8.33. The van der Waals surface area contributed by atoms with E-state index in [2.05, 4.69) is 56.8 Å². The highest BCUT2D eigenvalue weighted by atomic mass is 16.5. The molecule has 0 aliphatic heterocycles. The molecule has 0 saturated heterocycles. The molecular weight excluding hydrogens is 522 g/mol. The Bertz CT molecular complexity index is 515. The number of carbonyl (C=O) groups is 1. The number of amides is 1. The van der Waals surface area contributed by atoms with Crippen molar-refractivity contribution in [2.75, 3.05) is 33.4 Å². The maximum absolute atomic E-state index is 10.3. The molecule has 0 saturated carbocycles. The Morgan fingerprint density at radius 2 is 1.14 bits per heavy atom. The number of unbranched alkanes of at least 4 members (excludes halogenated alkanes) is 11. The van der Waals surface area contributed by atoms with Crippen LogP contribution in [0.25, 0.3) is 0 Å². The van der Waals surface area contributed by atoms with E-state index in [4.69, 9.17) is 9.47 Å². The highest BCUT2D eigenvalue weighted by Gasteiger charge is 2.33. The van der Waals surface area contributed by atoms with E-state index in [1.165, 1.54) is 83.5 Å². The fraction of sp³-hybridized carbons (Fsp3) is 0.861. The van der Waals surface area contributed by atoms with Crippen LogP contribution in [-0.2, 0) is 14.3 Å². The van der Waals surface area contributed by atoms with Crippen LogP contribution in [0.5, 0.6) is 0 Å². The maximum Gasteiger partial charge on any atom is 0.207 e. The summed E-state index contributed by atoms with van der Waals surface area (Å²) >= 11 is 0. The summed E-state index contributed by atoms with van der Waals surface area (Å²) in [5.74, 6) is 1.25. The average Bonchev–Trinajstić information content (AvgIpc) is 3.01. The van der Waals surface area contributed by atoms with E-state index < -0.39 is 0 Å². The summed E-state index contributed by atoms with van der Waals surface area (Å²) in [7, 11) is 1.84. The van der Waals surface area contributed by atoms with E-state index in [1.807, 2.05) is 7.11 Å². The summed E-state index contributed by atoms with van der Waals surface area (Å²) in [6.45, 7) is 20.1. The fourth-order valence-corrected chi connectivity index (χ4v) is 5.74. The highest BCUT2D eigenvalue weighted by molar-refractivity contribution is 5.45. The van der Waals surface area contributed by atoms with Crippen molar-refractivity contribution in [2.45, 2.75) is 155 Å². The molecule has 6 heteroatoms. The minimum atomic E-state index is 0.169. The van der Waals surface area contributed by atoms with Crippen LogP contribution in [-0.4, -0.2) is 52.0 Å². The zero-order valence-electron chi connectivity index (χ0n) is 28.7. The second kappa shape index (κ2) is 35.7. The van der Waals surface area contributed by atoms with E-state index in [0.717, 1.165) is 64.8 Å². The Hall–Kier alpha value is -1.53. The molecule has 1 amide bonds. The van der Waals surface area contributed by atoms with E-state index in [0.29, 0.717) is 11.8 Å². The first-order chi connectivity index (χ1) is 20.6. The Kier molecular flexibility index (Phi) is 36.2. The Morgan fingerprint density at radius 1 is 0.643 bits per heavy atom. The summed E-state index contributed by atoms with van der Waals surface area (Å²) in [6, 6.07) is 0. The molecule has 0 spiro atoms. The van der Waals surface area contributed by atoms with Crippen LogP contribution in [0.1, 0.15) is 143 Å². The molecule has 0 fully saturated rings. The molecule has 0 radical (unpaired) electrons. The lowest BCUT2D eigenvalue weighted by molar-refractivity contribution is -0.109. The number of carbonyl (C=O) groups excluding carboxylic acids is 1. The molecule has 250 valence electrons. The van der Waals surface area contributed by atoms with Crippen molar-refractivity contribution in [3.05, 3.63) is 25.6 Å². The van der Waals surface area contributed by atoms with Crippen molar-refractivity contribution in [1.82, 2.24) is 16.0 Å². The van der Waals surface area contributed by atoms with Crippen LogP contribution in [0.2, 0.25) is 0 Å². The van der Waals surface area contributed by atoms with Gasteiger partial charge in [0.1, 0.15) is 0 Å². The minimum absolute atomic E-state index is 0.169. The van der Waals surface area contributed by atoms with Crippen LogP contribution in [0.3, 0.4) is 0 Å². The number of ether oxygens (including phenoxy) is 2. The van der Waals surface area contributed by atoms with Crippen molar-refractivity contribution < 1.29 is 14.3 Å². The maximum atomic E-state index is 10.3. The monoisotopic (exact) mass is 596 g/mol. The first-order valence-corrected chi connectivity index (χ1v) is 17.6. The molecule has 3 atom stereocenters. The van der Waals surface area contributed by atoms with Gasteiger partial charge in [0, 0.05) is 33.4 Å². The Morgan fingerprint density at radius 3 is 1.62 bits per heavy atom. The molecule has 0 aromatic carbocycles. The van der Waals surface area contributed by atoms with Crippen LogP contribution >= 0.6 is 0 Å². The lowest BCUT2D eigenvalue weighted by Gasteiger charge is -2.37. The molecule has 0 aliphatic rings. The Balaban J connectivity index is 0. The van der Waals surface area contributed by atoms with Crippen LogP contribution in [0, 0.1) is 11.8 Å². The normalized spacial score (nSPS) is 13.0. The number of nitrogens with one attached hydrogen (secondary N) is 3. The van der Waals surface area contributed by atoms with E-state index in [-0.39, 0.29) is 12.2 Å².